The summed E-state index contributed by atoms with van der Waals surface area (Å²) in [7, 11) is 0. The van der Waals surface area contributed by atoms with Crippen LogP contribution in [0, 0.1) is 5.92 Å². The van der Waals surface area contributed by atoms with Gasteiger partial charge in [-0.15, -0.1) is 0 Å². The summed E-state index contributed by atoms with van der Waals surface area (Å²) in [6.07, 6.45) is 2.46. The summed E-state index contributed by atoms with van der Waals surface area (Å²) in [5, 5.41) is 11.3. The molecule has 0 aromatic heterocycles. The molecule has 1 atom stereocenters. The van der Waals surface area contributed by atoms with Crippen LogP contribution >= 0.6 is 0 Å². The highest BCUT2D eigenvalue weighted by atomic mass is 16.2. The van der Waals surface area contributed by atoms with Crippen LogP contribution in [0.15, 0.2) is 54.6 Å². The van der Waals surface area contributed by atoms with Gasteiger partial charge in [0.05, 0.1) is 5.92 Å². The molecule has 1 heterocycles. The summed E-state index contributed by atoms with van der Waals surface area (Å²) in [6.45, 7) is 3.67. The average molecular weight is 424 g/mol. The fraction of sp³-hybridized carbons (Fsp3) is 0.348. The van der Waals surface area contributed by atoms with Crippen LogP contribution in [0.25, 0.3) is 0 Å². The number of benzene rings is 2. The molecular weight excluding hydrogens is 394 g/mol. The molecule has 1 fully saturated rings. The summed E-state index contributed by atoms with van der Waals surface area (Å²) in [5.41, 5.74) is 1.81. The van der Waals surface area contributed by atoms with E-state index in [2.05, 4.69) is 21.3 Å². The predicted octanol–water partition coefficient (Wildman–Crippen LogP) is 4.10. The Labute approximate surface area is 182 Å². The number of amides is 5. The summed E-state index contributed by atoms with van der Waals surface area (Å²) in [6, 6.07) is 15.5. The maximum Gasteiger partial charge on any atom is 0.323 e. The molecule has 1 saturated heterocycles. The second-order valence-corrected chi connectivity index (χ2v) is 7.53. The summed E-state index contributed by atoms with van der Waals surface area (Å²) < 4.78 is 0. The Bertz CT molecular complexity index is 903. The molecular formula is C23H29N5O3. The van der Waals surface area contributed by atoms with E-state index in [0.29, 0.717) is 36.7 Å². The van der Waals surface area contributed by atoms with E-state index in [9.17, 15) is 14.4 Å². The fourth-order valence-electron chi connectivity index (χ4n) is 3.46. The van der Waals surface area contributed by atoms with Gasteiger partial charge in [-0.1, -0.05) is 31.2 Å². The lowest BCUT2D eigenvalue weighted by atomic mass is 9.97. The Morgan fingerprint density at radius 3 is 2.35 bits per heavy atom. The van der Waals surface area contributed by atoms with Crippen LogP contribution in [0.1, 0.15) is 26.2 Å². The first-order chi connectivity index (χ1) is 15.0. The average Bonchev–Trinajstić information content (AvgIpc) is 2.78. The quantitative estimate of drug-likeness (QED) is 0.562. The van der Waals surface area contributed by atoms with Gasteiger partial charge >= 0.3 is 12.1 Å². The first-order valence-electron chi connectivity index (χ1n) is 10.6. The molecule has 0 unspecified atom stereocenters. The number of carbonyl (C=O) groups is 3. The van der Waals surface area contributed by atoms with E-state index >= 15 is 0 Å². The minimum absolute atomic E-state index is 0.00924. The van der Waals surface area contributed by atoms with Gasteiger partial charge in [0.25, 0.3) is 0 Å². The zero-order valence-electron chi connectivity index (χ0n) is 17.7. The van der Waals surface area contributed by atoms with Gasteiger partial charge in [0.15, 0.2) is 0 Å². The Hall–Kier alpha value is -3.55. The zero-order chi connectivity index (χ0) is 22.1. The van der Waals surface area contributed by atoms with E-state index in [-0.39, 0.29) is 23.9 Å². The van der Waals surface area contributed by atoms with Crippen molar-refractivity contribution in [1.82, 2.24) is 10.2 Å². The van der Waals surface area contributed by atoms with Crippen LogP contribution in [0.3, 0.4) is 0 Å². The van der Waals surface area contributed by atoms with Crippen molar-refractivity contribution >= 4 is 35.0 Å². The molecule has 1 aliphatic heterocycles. The molecule has 0 bridgehead atoms. The third-order valence-electron chi connectivity index (χ3n) is 5.03. The summed E-state index contributed by atoms with van der Waals surface area (Å²) >= 11 is 0. The van der Waals surface area contributed by atoms with Crippen molar-refractivity contribution in [3.63, 3.8) is 0 Å². The molecule has 0 spiro atoms. The molecule has 5 amide bonds. The molecule has 8 heteroatoms. The zero-order valence-corrected chi connectivity index (χ0v) is 17.7. The molecule has 0 radical (unpaired) electrons. The number of hydrogen-bond donors (Lipinski definition) is 4. The molecule has 31 heavy (non-hydrogen) atoms. The Morgan fingerprint density at radius 1 is 0.935 bits per heavy atom. The van der Waals surface area contributed by atoms with Gasteiger partial charge in [-0.05, 0) is 49.6 Å². The third-order valence-corrected chi connectivity index (χ3v) is 5.03. The molecule has 0 saturated carbocycles. The van der Waals surface area contributed by atoms with Gasteiger partial charge in [0.1, 0.15) is 0 Å². The van der Waals surface area contributed by atoms with E-state index in [1.807, 2.05) is 25.1 Å². The molecule has 3 rings (SSSR count). The van der Waals surface area contributed by atoms with E-state index in [0.717, 1.165) is 19.3 Å². The first-order valence-corrected chi connectivity index (χ1v) is 10.6. The topological polar surface area (TPSA) is 103 Å². The van der Waals surface area contributed by atoms with Gasteiger partial charge in [0, 0.05) is 36.7 Å². The van der Waals surface area contributed by atoms with Crippen molar-refractivity contribution in [1.29, 1.82) is 0 Å². The van der Waals surface area contributed by atoms with Gasteiger partial charge in [-0.2, -0.15) is 0 Å². The van der Waals surface area contributed by atoms with Crippen molar-refractivity contribution in [2.24, 2.45) is 5.92 Å². The molecule has 164 valence electrons. The monoisotopic (exact) mass is 423 g/mol. The van der Waals surface area contributed by atoms with Crippen molar-refractivity contribution in [3.8, 4) is 0 Å². The standard InChI is InChI=1S/C23H29N5O3/c1-2-13-24-21(29)17-8-7-14-28(16-17)23(31)27-20-12-6-11-19(15-20)26-22(30)25-18-9-4-3-5-10-18/h3-6,9-12,15,17H,2,7-8,13-14,16H2,1H3,(H,24,29)(H,27,31)(H2,25,26,30)/t17-/m1/s1. The van der Waals surface area contributed by atoms with E-state index < -0.39 is 0 Å². The lowest BCUT2D eigenvalue weighted by molar-refractivity contribution is -0.126. The highest BCUT2D eigenvalue weighted by molar-refractivity contribution is 6.00. The van der Waals surface area contributed by atoms with Gasteiger partial charge in [-0.3, -0.25) is 4.79 Å². The minimum atomic E-state index is -0.369. The molecule has 2 aromatic carbocycles. The number of likely N-dealkylation sites (tertiary alicyclic amines) is 1. The largest absolute Gasteiger partial charge is 0.356 e. The number of piperidine rings is 1. The number of nitrogens with one attached hydrogen (secondary N) is 4. The summed E-state index contributed by atoms with van der Waals surface area (Å²) in [5.74, 6) is -0.171. The predicted molar refractivity (Wildman–Crippen MR) is 122 cm³/mol. The van der Waals surface area contributed by atoms with Crippen LogP contribution in [-0.2, 0) is 4.79 Å². The van der Waals surface area contributed by atoms with Gasteiger partial charge < -0.3 is 26.2 Å². The lowest BCUT2D eigenvalue weighted by Crippen LogP contribution is -2.47. The number of anilines is 3. The third kappa shape index (κ3) is 6.74. The molecule has 4 N–H and O–H groups in total. The van der Waals surface area contributed by atoms with Crippen LogP contribution in [0.2, 0.25) is 0 Å². The second-order valence-electron chi connectivity index (χ2n) is 7.53. The van der Waals surface area contributed by atoms with Crippen LogP contribution in [0.4, 0.5) is 26.7 Å². The SMILES string of the molecule is CCCNC(=O)[C@@H]1CCCN(C(=O)Nc2cccc(NC(=O)Nc3ccccc3)c2)C1. The first kappa shape index (κ1) is 22.1. The number of nitrogens with zero attached hydrogens (tertiary/aromatic N) is 1. The van der Waals surface area contributed by atoms with Crippen molar-refractivity contribution in [3.05, 3.63) is 54.6 Å². The maximum absolute atomic E-state index is 12.7. The van der Waals surface area contributed by atoms with Crippen LogP contribution < -0.4 is 21.3 Å². The summed E-state index contributed by atoms with van der Waals surface area (Å²) in [4.78, 5) is 38.8. The Balaban J connectivity index is 1.54. The number of carbonyl (C=O) groups excluding carboxylic acids is 3. The van der Waals surface area contributed by atoms with Gasteiger partial charge in [0.2, 0.25) is 5.91 Å². The van der Waals surface area contributed by atoms with Crippen molar-refractivity contribution in [2.45, 2.75) is 26.2 Å². The Kier molecular flexibility index (Phi) is 7.86. The number of urea groups is 2. The van der Waals surface area contributed by atoms with Crippen LogP contribution in [0.5, 0.6) is 0 Å². The van der Waals surface area contributed by atoms with Crippen molar-refractivity contribution in [2.75, 3.05) is 35.6 Å². The highest BCUT2D eigenvalue weighted by Gasteiger charge is 2.28. The Morgan fingerprint density at radius 2 is 1.61 bits per heavy atom. The second kappa shape index (κ2) is 11.0. The van der Waals surface area contributed by atoms with E-state index in [4.69, 9.17) is 0 Å². The molecule has 1 aliphatic rings. The lowest BCUT2D eigenvalue weighted by Gasteiger charge is -2.32. The number of rotatable bonds is 6. The van der Waals surface area contributed by atoms with E-state index in [1.54, 1.807) is 41.3 Å². The maximum atomic E-state index is 12.7. The number of para-hydroxylation sites is 1. The smallest absolute Gasteiger partial charge is 0.323 e. The van der Waals surface area contributed by atoms with Crippen LogP contribution in [-0.4, -0.2) is 42.5 Å². The molecule has 8 nitrogen and oxygen atoms in total. The van der Waals surface area contributed by atoms with Crippen molar-refractivity contribution < 1.29 is 14.4 Å². The fourth-order valence-corrected chi connectivity index (χ4v) is 3.46. The van der Waals surface area contributed by atoms with Gasteiger partial charge in [-0.25, -0.2) is 9.59 Å². The highest BCUT2D eigenvalue weighted by Crippen LogP contribution is 2.20. The number of hydrogen-bond acceptors (Lipinski definition) is 3. The molecule has 2 aromatic rings. The van der Waals surface area contributed by atoms with E-state index in [1.165, 1.54) is 0 Å². The minimum Gasteiger partial charge on any atom is -0.356 e. The molecule has 0 aliphatic carbocycles. The normalized spacial score (nSPS) is 15.6.